The Morgan fingerprint density at radius 2 is 1.26 bits per heavy atom. The van der Waals surface area contributed by atoms with E-state index in [1.54, 1.807) is 0 Å². The van der Waals surface area contributed by atoms with Crippen LogP contribution >= 0.6 is 0 Å². The molecule has 0 N–H and O–H groups in total. The van der Waals surface area contributed by atoms with E-state index in [1.165, 1.54) is 22.3 Å². The standard InChI is InChI=1S/C37H28N2/c1-23-38-33-18-10-11-19-34(33)39(23)36-29-15-6-4-13-27(29)35(28-14-5-7-16-30(28)36)24-20-21-26-25-12-8-9-17-31(25)37(2,3)32(26)22-24/h4-22H,1-3H3/i1D3. The van der Waals surface area contributed by atoms with Crippen molar-refractivity contribution in [3.05, 3.63) is 132 Å². The number of hydrogen-bond acceptors (Lipinski definition) is 1. The van der Waals surface area contributed by atoms with Gasteiger partial charge in [-0.3, -0.25) is 4.57 Å². The first kappa shape index (κ1) is 19.4. The third-order valence-electron chi connectivity index (χ3n) is 8.56. The number of hydrogen-bond donors (Lipinski definition) is 0. The first-order chi connectivity index (χ1) is 20.2. The summed E-state index contributed by atoms with van der Waals surface area (Å²) >= 11 is 0. The average Bonchev–Trinajstić information content (AvgIpc) is 3.49. The maximum absolute atomic E-state index is 8.40. The van der Waals surface area contributed by atoms with E-state index in [1.807, 2.05) is 41.0 Å². The molecule has 1 aliphatic rings. The lowest BCUT2D eigenvalue weighted by molar-refractivity contribution is 0.660. The van der Waals surface area contributed by atoms with Crippen molar-refractivity contribution in [2.45, 2.75) is 26.1 Å². The molecule has 0 unspecified atom stereocenters. The minimum absolute atomic E-state index is 0.0730. The highest BCUT2D eigenvalue weighted by Crippen LogP contribution is 2.51. The Hall–Kier alpha value is -4.69. The van der Waals surface area contributed by atoms with Crippen LogP contribution in [-0.2, 0) is 5.41 Å². The molecule has 0 saturated heterocycles. The highest BCUT2D eigenvalue weighted by molar-refractivity contribution is 6.18. The van der Waals surface area contributed by atoms with Gasteiger partial charge in [-0.2, -0.15) is 0 Å². The zero-order chi connectivity index (χ0) is 28.8. The molecule has 0 amide bonds. The molecule has 6 aromatic carbocycles. The van der Waals surface area contributed by atoms with Gasteiger partial charge >= 0.3 is 0 Å². The van der Waals surface area contributed by atoms with Gasteiger partial charge in [0, 0.05) is 20.3 Å². The quantitative estimate of drug-likeness (QED) is 0.215. The van der Waals surface area contributed by atoms with Crippen LogP contribution in [0, 0.1) is 6.85 Å². The molecule has 0 fully saturated rings. The van der Waals surface area contributed by atoms with E-state index in [2.05, 4.69) is 97.7 Å². The molecule has 2 heteroatoms. The van der Waals surface area contributed by atoms with Crippen molar-refractivity contribution in [3.8, 4) is 27.9 Å². The Kier molecular flexibility index (Phi) is 3.93. The minimum atomic E-state index is -2.39. The molecule has 0 radical (unpaired) electrons. The van der Waals surface area contributed by atoms with Crippen molar-refractivity contribution in [2.75, 3.05) is 0 Å². The molecule has 0 bridgehead atoms. The summed E-state index contributed by atoms with van der Waals surface area (Å²) < 4.78 is 27.1. The van der Waals surface area contributed by atoms with E-state index in [0.29, 0.717) is 5.52 Å². The topological polar surface area (TPSA) is 17.8 Å². The number of rotatable bonds is 2. The molecule has 186 valence electrons. The predicted octanol–water partition coefficient (Wildman–Crippen LogP) is 9.61. The van der Waals surface area contributed by atoms with Gasteiger partial charge in [-0.15, -0.1) is 0 Å². The Morgan fingerprint density at radius 3 is 2.00 bits per heavy atom. The zero-order valence-corrected chi connectivity index (χ0v) is 21.9. The van der Waals surface area contributed by atoms with Gasteiger partial charge in [-0.05, 0) is 69.2 Å². The van der Waals surface area contributed by atoms with Crippen LogP contribution in [0.4, 0.5) is 0 Å². The highest BCUT2D eigenvalue weighted by atomic mass is 15.1. The number of para-hydroxylation sites is 2. The molecule has 0 atom stereocenters. The summed E-state index contributed by atoms with van der Waals surface area (Å²) in [5, 5.41) is 4.13. The van der Waals surface area contributed by atoms with Crippen LogP contribution in [0.1, 0.15) is 34.9 Å². The molecule has 1 aromatic heterocycles. The third kappa shape index (κ3) is 3.00. The lowest BCUT2D eigenvalue weighted by Crippen LogP contribution is -2.14. The smallest absolute Gasteiger partial charge is 0.111 e. The van der Waals surface area contributed by atoms with E-state index in [4.69, 9.17) is 4.11 Å². The number of aromatic nitrogens is 2. The first-order valence-electron chi connectivity index (χ1n) is 14.9. The number of imidazole rings is 1. The molecule has 1 aliphatic carbocycles. The van der Waals surface area contributed by atoms with E-state index < -0.39 is 6.85 Å². The summed E-state index contributed by atoms with van der Waals surface area (Å²) in [6.45, 7) is 2.23. The Morgan fingerprint density at radius 1 is 0.641 bits per heavy atom. The maximum Gasteiger partial charge on any atom is 0.111 e. The van der Waals surface area contributed by atoms with Crippen LogP contribution in [-0.4, -0.2) is 9.55 Å². The fourth-order valence-corrected chi connectivity index (χ4v) is 6.77. The van der Waals surface area contributed by atoms with Gasteiger partial charge in [0.1, 0.15) is 5.82 Å². The van der Waals surface area contributed by atoms with Crippen molar-refractivity contribution in [1.82, 2.24) is 9.55 Å². The predicted molar refractivity (Wildman–Crippen MR) is 164 cm³/mol. The highest BCUT2D eigenvalue weighted by Gasteiger charge is 2.35. The summed E-state index contributed by atoms with van der Waals surface area (Å²) in [5.41, 5.74) is 9.76. The maximum atomic E-state index is 8.40. The second-order valence-electron chi connectivity index (χ2n) is 11.0. The number of fused-ring (bicyclic) bond motifs is 6. The van der Waals surface area contributed by atoms with Crippen molar-refractivity contribution >= 4 is 32.6 Å². The third-order valence-corrected chi connectivity index (χ3v) is 8.56. The number of benzene rings is 6. The molecule has 0 aliphatic heterocycles. The fraction of sp³-hybridized carbons (Fsp3) is 0.108. The van der Waals surface area contributed by atoms with Crippen LogP contribution in [0.25, 0.3) is 60.5 Å². The summed E-state index contributed by atoms with van der Waals surface area (Å²) in [4.78, 5) is 4.63. The molecular formula is C37H28N2. The summed E-state index contributed by atoms with van der Waals surface area (Å²) in [7, 11) is 0. The van der Waals surface area contributed by atoms with Gasteiger partial charge in [0.05, 0.1) is 16.7 Å². The number of nitrogens with zero attached hydrogens (tertiary/aromatic N) is 2. The van der Waals surface area contributed by atoms with E-state index in [-0.39, 0.29) is 11.2 Å². The number of aryl methyl sites for hydroxylation is 1. The van der Waals surface area contributed by atoms with Crippen molar-refractivity contribution in [3.63, 3.8) is 0 Å². The van der Waals surface area contributed by atoms with Crippen molar-refractivity contribution in [2.24, 2.45) is 0 Å². The van der Waals surface area contributed by atoms with Crippen LogP contribution in [0.3, 0.4) is 0 Å². The minimum Gasteiger partial charge on any atom is -0.295 e. The van der Waals surface area contributed by atoms with Gasteiger partial charge in [-0.25, -0.2) is 4.98 Å². The van der Waals surface area contributed by atoms with Crippen LogP contribution < -0.4 is 0 Å². The molecule has 2 nitrogen and oxygen atoms in total. The average molecular weight is 504 g/mol. The van der Waals surface area contributed by atoms with Crippen molar-refractivity contribution in [1.29, 1.82) is 0 Å². The SMILES string of the molecule is [2H]C([2H])([2H])c1nc2ccccc2n1-c1c2ccccc2c(-c2ccc3c(c2)C(C)(C)c2ccccc2-3)c2ccccc12. The molecule has 0 spiro atoms. The largest absolute Gasteiger partial charge is 0.295 e. The second kappa shape index (κ2) is 7.91. The normalized spacial score (nSPS) is 15.2. The Bertz CT molecular complexity index is 2160. The van der Waals surface area contributed by atoms with Crippen LogP contribution in [0.15, 0.2) is 115 Å². The molecule has 0 saturated carbocycles. The summed E-state index contributed by atoms with van der Waals surface area (Å²) in [5.74, 6) is 0.0730. The summed E-state index contributed by atoms with van der Waals surface area (Å²) in [6.07, 6.45) is 0. The summed E-state index contributed by atoms with van der Waals surface area (Å²) in [6, 6.07) is 40.0. The molecule has 8 rings (SSSR count). The van der Waals surface area contributed by atoms with Gasteiger partial charge in [0.25, 0.3) is 0 Å². The molecule has 1 heterocycles. The Labute approximate surface area is 232 Å². The van der Waals surface area contributed by atoms with Crippen LogP contribution in [0.2, 0.25) is 0 Å². The van der Waals surface area contributed by atoms with E-state index in [9.17, 15) is 0 Å². The van der Waals surface area contributed by atoms with Gasteiger partial charge in [-0.1, -0.05) is 111 Å². The fourth-order valence-electron chi connectivity index (χ4n) is 6.77. The zero-order valence-electron chi connectivity index (χ0n) is 24.9. The molecule has 7 aromatic rings. The monoisotopic (exact) mass is 503 g/mol. The van der Waals surface area contributed by atoms with Crippen LogP contribution in [0.5, 0.6) is 0 Å². The lowest BCUT2D eigenvalue weighted by Gasteiger charge is -2.23. The Balaban J connectivity index is 1.49. The van der Waals surface area contributed by atoms with Gasteiger partial charge < -0.3 is 0 Å². The second-order valence-corrected chi connectivity index (χ2v) is 11.0. The molecular weight excluding hydrogens is 472 g/mol. The first-order valence-corrected chi connectivity index (χ1v) is 13.4. The van der Waals surface area contributed by atoms with E-state index in [0.717, 1.165) is 43.9 Å². The van der Waals surface area contributed by atoms with Gasteiger partial charge in [0.15, 0.2) is 0 Å². The van der Waals surface area contributed by atoms with E-state index >= 15 is 0 Å². The molecule has 39 heavy (non-hydrogen) atoms. The van der Waals surface area contributed by atoms with Crippen molar-refractivity contribution < 1.29 is 4.11 Å². The lowest BCUT2D eigenvalue weighted by atomic mass is 9.81. The van der Waals surface area contributed by atoms with Gasteiger partial charge in [0.2, 0.25) is 0 Å².